The molecule has 1 saturated heterocycles. The topological polar surface area (TPSA) is 42.7 Å². The Morgan fingerprint density at radius 3 is 2.88 bits per heavy atom. The number of hydrogen-bond acceptors (Lipinski definition) is 4. The SMILES string of the molecule is COc1ccc2c(CN3CCC[C@@H]4CCCC[C@@H]43)cc(=O)oc2c1. The van der Waals surface area contributed by atoms with Crippen LogP contribution in [0.5, 0.6) is 5.75 Å². The molecule has 4 heteroatoms. The number of benzene rings is 1. The molecule has 24 heavy (non-hydrogen) atoms. The van der Waals surface area contributed by atoms with Crippen LogP contribution in [0.25, 0.3) is 11.0 Å². The zero-order valence-electron chi connectivity index (χ0n) is 14.3. The van der Waals surface area contributed by atoms with Gasteiger partial charge < -0.3 is 9.15 Å². The summed E-state index contributed by atoms with van der Waals surface area (Å²) in [7, 11) is 1.63. The van der Waals surface area contributed by atoms with Crippen LogP contribution in [0.15, 0.2) is 33.5 Å². The summed E-state index contributed by atoms with van der Waals surface area (Å²) < 4.78 is 10.6. The van der Waals surface area contributed by atoms with Crippen LogP contribution in [0.2, 0.25) is 0 Å². The summed E-state index contributed by atoms with van der Waals surface area (Å²) in [4.78, 5) is 14.6. The fraction of sp³-hybridized carbons (Fsp3) is 0.550. The number of fused-ring (bicyclic) bond motifs is 2. The highest BCUT2D eigenvalue weighted by Gasteiger charge is 2.33. The lowest BCUT2D eigenvalue weighted by Gasteiger charge is -2.44. The van der Waals surface area contributed by atoms with Crippen molar-refractivity contribution in [1.82, 2.24) is 4.90 Å². The normalized spacial score (nSPS) is 24.7. The molecule has 1 aliphatic heterocycles. The van der Waals surface area contributed by atoms with Gasteiger partial charge in [0.05, 0.1) is 7.11 Å². The predicted octanol–water partition coefficient (Wildman–Crippen LogP) is 3.96. The van der Waals surface area contributed by atoms with E-state index in [1.54, 1.807) is 19.2 Å². The van der Waals surface area contributed by atoms with Crippen molar-refractivity contribution in [3.05, 3.63) is 40.2 Å². The van der Waals surface area contributed by atoms with Gasteiger partial charge in [0.2, 0.25) is 0 Å². The fourth-order valence-electron chi connectivity index (χ4n) is 4.61. The largest absolute Gasteiger partial charge is 0.497 e. The van der Waals surface area contributed by atoms with Gasteiger partial charge in [0.15, 0.2) is 0 Å². The monoisotopic (exact) mass is 327 g/mol. The summed E-state index contributed by atoms with van der Waals surface area (Å²) in [5.74, 6) is 1.56. The minimum Gasteiger partial charge on any atom is -0.497 e. The molecule has 4 nitrogen and oxygen atoms in total. The Labute approximate surface area is 142 Å². The molecule has 0 N–H and O–H groups in total. The molecular weight excluding hydrogens is 302 g/mol. The van der Waals surface area contributed by atoms with Gasteiger partial charge in [-0.05, 0) is 55.8 Å². The molecular formula is C20H25NO3. The van der Waals surface area contributed by atoms with Crippen LogP contribution in [-0.4, -0.2) is 24.6 Å². The van der Waals surface area contributed by atoms with Crippen molar-refractivity contribution in [2.24, 2.45) is 5.92 Å². The van der Waals surface area contributed by atoms with Crippen molar-refractivity contribution >= 4 is 11.0 Å². The summed E-state index contributed by atoms with van der Waals surface area (Å²) in [6, 6.07) is 8.11. The Kier molecular flexibility index (Phi) is 4.31. The standard InChI is InChI=1S/C20H25NO3/c1-23-16-8-9-17-15(11-20(22)24-19(17)12-16)13-21-10-4-6-14-5-2-3-7-18(14)21/h8-9,11-12,14,18H,2-7,10,13H2,1H3/t14-,18-/m0/s1. The minimum atomic E-state index is -0.275. The van der Waals surface area contributed by atoms with E-state index in [1.807, 2.05) is 12.1 Å². The number of ether oxygens (including phenoxy) is 1. The average molecular weight is 327 g/mol. The van der Waals surface area contributed by atoms with E-state index in [4.69, 9.17) is 9.15 Å². The molecule has 1 aromatic carbocycles. The smallest absolute Gasteiger partial charge is 0.336 e. The molecule has 0 amide bonds. The van der Waals surface area contributed by atoms with Gasteiger partial charge in [-0.1, -0.05) is 12.8 Å². The van der Waals surface area contributed by atoms with E-state index in [0.29, 0.717) is 17.4 Å². The number of hydrogen-bond donors (Lipinski definition) is 0. The van der Waals surface area contributed by atoms with Gasteiger partial charge in [-0.3, -0.25) is 4.90 Å². The molecule has 2 aliphatic rings. The van der Waals surface area contributed by atoms with E-state index < -0.39 is 0 Å². The van der Waals surface area contributed by atoms with E-state index in [2.05, 4.69) is 4.90 Å². The number of methoxy groups -OCH3 is 1. The third-order valence-corrected chi connectivity index (χ3v) is 5.77. The molecule has 2 atom stereocenters. The van der Waals surface area contributed by atoms with Gasteiger partial charge in [0, 0.05) is 30.1 Å². The first-order valence-electron chi connectivity index (χ1n) is 9.09. The number of nitrogens with zero attached hydrogens (tertiary/aromatic N) is 1. The maximum Gasteiger partial charge on any atom is 0.336 e. The Morgan fingerprint density at radius 1 is 1.17 bits per heavy atom. The van der Waals surface area contributed by atoms with Crippen LogP contribution in [-0.2, 0) is 6.54 Å². The quantitative estimate of drug-likeness (QED) is 0.801. The van der Waals surface area contributed by atoms with Gasteiger partial charge in [-0.2, -0.15) is 0 Å². The van der Waals surface area contributed by atoms with E-state index in [0.717, 1.165) is 30.0 Å². The Morgan fingerprint density at radius 2 is 2.00 bits per heavy atom. The first kappa shape index (κ1) is 15.7. The molecule has 2 heterocycles. The second kappa shape index (κ2) is 6.60. The molecule has 128 valence electrons. The molecule has 1 saturated carbocycles. The zero-order chi connectivity index (χ0) is 16.5. The highest BCUT2D eigenvalue weighted by molar-refractivity contribution is 5.81. The summed E-state index contributed by atoms with van der Waals surface area (Å²) >= 11 is 0. The van der Waals surface area contributed by atoms with Gasteiger partial charge in [-0.15, -0.1) is 0 Å². The van der Waals surface area contributed by atoms with E-state index >= 15 is 0 Å². The maximum atomic E-state index is 12.0. The average Bonchev–Trinajstić information content (AvgIpc) is 2.61. The van der Waals surface area contributed by atoms with Crippen LogP contribution in [0, 0.1) is 5.92 Å². The lowest BCUT2D eigenvalue weighted by molar-refractivity contribution is 0.0549. The number of piperidine rings is 1. The highest BCUT2D eigenvalue weighted by Crippen LogP contribution is 2.36. The lowest BCUT2D eigenvalue weighted by Crippen LogP contribution is -2.46. The first-order valence-corrected chi connectivity index (χ1v) is 9.09. The van der Waals surface area contributed by atoms with Crippen molar-refractivity contribution in [3.63, 3.8) is 0 Å². The second-order valence-electron chi connectivity index (χ2n) is 7.18. The molecule has 2 fully saturated rings. The summed E-state index contributed by atoms with van der Waals surface area (Å²) in [5, 5.41) is 1.02. The number of likely N-dealkylation sites (tertiary alicyclic amines) is 1. The van der Waals surface area contributed by atoms with E-state index in [-0.39, 0.29) is 5.63 Å². The molecule has 0 radical (unpaired) electrons. The van der Waals surface area contributed by atoms with Crippen molar-refractivity contribution in [3.8, 4) is 5.75 Å². The number of rotatable bonds is 3. The van der Waals surface area contributed by atoms with Crippen LogP contribution < -0.4 is 10.4 Å². The van der Waals surface area contributed by atoms with Crippen molar-refractivity contribution < 1.29 is 9.15 Å². The lowest BCUT2D eigenvalue weighted by atomic mass is 9.78. The molecule has 2 aromatic rings. The van der Waals surface area contributed by atoms with E-state index in [1.165, 1.54) is 38.5 Å². The molecule has 4 rings (SSSR count). The first-order chi connectivity index (χ1) is 11.7. The minimum absolute atomic E-state index is 0.275. The molecule has 1 aliphatic carbocycles. The summed E-state index contributed by atoms with van der Waals surface area (Å²) in [5.41, 5.74) is 1.42. The Hall–Kier alpha value is -1.81. The predicted molar refractivity (Wildman–Crippen MR) is 94.4 cm³/mol. The van der Waals surface area contributed by atoms with Gasteiger partial charge in [-0.25, -0.2) is 4.79 Å². The Bertz CT molecular complexity index is 780. The van der Waals surface area contributed by atoms with Crippen molar-refractivity contribution in [2.75, 3.05) is 13.7 Å². The third kappa shape index (κ3) is 2.95. The summed E-state index contributed by atoms with van der Waals surface area (Å²) in [6.45, 7) is 1.98. The molecule has 0 bridgehead atoms. The maximum absolute atomic E-state index is 12.0. The van der Waals surface area contributed by atoms with Crippen LogP contribution in [0.4, 0.5) is 0 Å². The third-order valence-electron chi connectivity index (χ3n) is 5.77. The van der Waals surface area contributed by atoms with Gasteiger partial charge >= 0.3 is 5.63 Å². The second-order valence-corrected chi connectivity index (χ2v) is 7.18. The van der Waals surface area contributed by atoms with Crippen LogP contribution in [0.3, 0.4) is 0 Å². The summed E-state index contributed by atoms with van der Waals surface area (Å²) in [6.07, 6.45) is 8.04. The fourth-order valence-corrected chi connectivity index (χ4v) is 4.61. The molecule has 0 spiro atoms. The van der Waals surface area contributed by atoms with E-state index in [9.17, 15) is 4.79 Å². The zero-order valence-corrected chi connectivity index (χ0v) is 14.3. The van der Waals surface area contributed by atoms with Gasteiger partial charge in [0.25, 0.3) is 0 Å². The van der Waals surface area contributed by atoms with Gasteiger partial charge in [0.1, 0.15) is 11.3 Å². The highest BCUT2D eigenvalue weighted by atomic mass is 16.5. The van der Waals surface area contributed by atoms with Crippen molar-refractivity contribution in [1.29, 1.82) is 0 Å². The molecule has 1 aromatic heterocycles. The Balaban J connectivity index is 1.67. The molecule has 0 unspecified atom stereocenters. The van der Waals surface area contributed by atoms with Crippen LogP contribution in [0.1, 0.15) is 44.1 Å². The van der Waals surface area contributed by atoms with Crippen molar-refractivity contribution in [2.45, 2.75) is 51.1 Å². The van der Waals surface area contributed by atoms with Crippen LogP contribution >= 0.6 is 0 Å².